The van der Waals surface area contributed by atoms with Crippen LogP contribution in [-0.2, 0) is 9.59 Å². The first kappa shape index (κ1) is 19.3. The molecule has 0 spiro atoms. The molecule has 8 atom stereocenters. The van der Waals surface area contributed by atoms with Crippen molar-refractivity contribution in [1.82, 2.24) is 5.32 Å². The van der Waals surface area contributed by atoms with Crippen LogP contribution in [0.25, 0.3) is 0 Å². The number of amides is 1. The largest absolute Gasteiger partial charge is 0.481 e. The van der Waals surface area contributed by atoms with Gasteiger partial charge in [0.2, 0.25) is 5.91 Å². The summed E-state index contributed by atoms with van der Waals surface area (Å²) in [7, 11) is 0. The molecule has 4 aliphatic carbocycles. The Morgan fingerprint density at radius 3 is 2.41 bits per heavy atom. The Morgan fingerprint density at radius 1 is 0.963 bits per heavy atom. The van der Waals surface area contributed by atoms with Crippen molar-refractivity contribution in [2.75, 3.05) is 0 Å². The van der Waals surface area contributed by atoms with Crippen molar-refractivity contribution in [3.8, 4) is 0 Å². The summed E-state index contributed by atoms with van der Waals surface area (Å²) in [4.78, 5) is 22.7. The molecule has 0 aromatic heterocycles. The Balaban J connectivity index is 1.45. The number of carboxylic acids is 1. The van der Waals surface area contributed by atoms with Crippen molar-refractivity contribution in [2.45, 2.75) is 91.0 Å². The predicted octanol–water partition coefficient (Wildman–Crippen LogP) is 4.62. The highest BCUT2D eigenvalue weighted by Crippen LogP contribution is 2.67. The van der Waals surface area contributed by atoms with Crippen molar-refractivity contribution in [3.05, 3.63) is 0 Å². The molecule has 0 bridgehead atoms. The molecule has 1 amide bonds. The third kappa shape index (κ3) is 3.11. The lowest BCUT2D eigenvalue weighted by molar-refractivity contribution is -0.141. The van der Waals surface area contributed by atoms with Crippen LogP contribution in [-0.4, -0.2) is 23.0 Å². The Labute approximate surface area is 163 Å². The van der Waals surface area contributed by atoms with Gasteiger partial charge in [0.05, 0.1) is 0 Å². The van der Waals surface area contributed by atoms with Gasteiger partial charge >= 0.3 is 5.97 Å². The summed E-state index contributed by atoms with van der Waals surface area (Å²) in [6, 6.07) is 0.173. The van der Waals surface area contributed by atoms with E-state index in [0.717, 1.165) is 36.5 Å². The third-order valence-corrected chi connectivity index (χ3v) is 9.82. The fourth-order valence-corrected chi connectivity index (χ4v) is 8.07. The van der Waals surface area contributed by atoms with Gasteiger partial charge in [0.25, 0.3) is 0 Å². The molecule has 27 heavy (non-hydrogen) atoms. The number of aliphatic carboxylic acids is 1. The second-order valence-corrected chi connectivity index (χ2v) is 10.8. The number of carbonyl (C=O) groups excluding carboxylic acids is 1. The molecule has 0 saturated heterocycles. The van der Waals surface area contributed by atoms with Gasteiger partial charge < -0.3 is 10.4 Å². The second-order valence-electron chi connectivity index (χ2n) is 10.8. The highest BCUT2D eigenvalue weighted by Gasteiger charge is 2.59. The van der Waals surface area contributed by atoms with Crippen molar-refractivity contribution >= 4 is 11.9 Å². The van der Waals surface area contributed by atoms with Crippen LogP contribution in [0, 0.1) is 40.4 Å². The lowest BCUT2D eigenvalue weighted by atomic mass is 9.44. The first-order chi connectivity index (χ1) is 12.7. The number of fused-ring (bicyclic) bond motifs is 5. The van der Waals surface area contributed by atoms with Crippen LogP contribution >= 0.6 is 0 Å². The van der Waals surface area contributed by atoms with E-state index in [0.29, 0.717) is 16.7 Å². The fourth-order valence-electron chi connectivity index (χ4n) is 8.07. The number of rotatable bonds is 3. The molecule has 2 N–H and O–H groups in total. The van der Waals surface area contributed by atoms with Crippen LogP contribution in [0.4, 0.5) is 0 Å². The van der Waals surface area contributed by atoms with Crippen LogP contribution in [0.3, 0.4) is 0 Å². The van der Waals surface area contributed by atoms with E-state index in [1.54, 1.807) is 0 Å². The minimum absolute atomic E-state index is 0.173. The van der Waals surface area contributed by atoms with E-state index < -0.39 is 12.4 Å². The highest BCUT2D eigenvalue weighted by molar-refractivity contribution is 5.93. The molecule has 4 rings (SSSR count). The smallest absolute Gasteiger partial charge is 0.312 e. The molecule has 4 nitrogen and oxygen atoms in total. The number of hydrogen-bond donors (Lipinski definition) is 2. The molecule has 0 heterocycles. The van der Waals surface area contributed by atoms with Gasteiger partial charge in [0.15, 0.2) is 0 Å². The van der Waals surface area contributed by atoms with Gasteiger partial charge in [-0.3, -0.25) is 9.59 Å². The first-order valence-electron chi connectivity index (χ1n) is 11.2. The molecular formula is C23H37NO3. The summed E-state index contributed by atoms with van der Waals surface area (Å²) in [5.74, 6) is 2.91. The van der Waals surface area contributed by atoms with E-state index in [4.69, 9.17) is 5.11 Å². The summed E-state index contributed by atoms with van der Waals surface area (Å²) >= 11 is 0. The van der Waals surface area contributed by atoms with Gasteiger partial charge in [0, 0.05) is 6.04 Å². The Hall–Kier alpha value is -1.06. The van der Waals surface area contributed by atoms with E-state index in [2.05, 4.69) is 26.1 Å². The third-order valence-electron chi connectivity index (χ3n) is 9.82. The van der Waals surface area contributed by atoms with E-state index in [-0.39, 0.29) is 11.9 Å². The van der Waals surface area contributed by atoms with Gasteiger partial charge in [0.1, 0.15) is 6.42 Å². The molecule has 152 valence electrons. The Bertz CT molecular complexity index is 619. The monoisotopic (exact) mass is 375 g/mol. The lowest BCUT2D eigenvalue weighted by Gasteiger charge is -2.61. The van der Waals surface area contributed by atoms with Crippen LogP contribution in [0.1, 0.15) is 85.0 Å². The normalized spacial score (nSPS) is 48.9. The first-order valence-corrected chi connectivity index (χ1v) is 11.2. The van der Waals surface area contributed by atoms with Gasteiger partial charge in [-0.25, -0.2) is 0 Å². The summed E-state index contributed by atoms with van der Waals surface area (Å²) in [6.07, 6.45) is 11.2. The van der Waals surface area contributed by atoms with E-state index >= 15 is 0 Å². The van der Waals surface area contributed by atoms with Crippen molar-refractivity contribution < 1.29 is 14.7 Å². The quantitative estimate of drug-likeness (QED) is 0.707. The van der Waals surface area contributed by atoms with Crippen LogP contribution in [0.2, 0.25) is 0 Å². The number of carboxylic acid groups (broad SMARTS) is 1. The zero-order chi connectivity index (χ0) is 19.4. The Morgan fingerprint density at radius 2 is 1.67 bits per heavy atom. The lowest BCUT2D eigenvalue weighted by Crippen LogP contribution is -2.55. The predicted molar refractivity (Wildman–Crippen MR) is 105 cm³/mol. The standard InChI is InChI=1S/C23H37NO3/c1-14-4-7-18-17-6-5-15-12-16(24-20(25)13-21(26)27)8-10-23(15,3)19(17)9-11-22(14,18)2/h14-19H,4-13H2,1-3H3,(H,24,25)(H,26,27)/t14-,15+,16+,17-,18-,19-,22+,23-/m0/s1. The van der Waals surface area contributed by atoms with Gasteiger partial charge in [-0.15, -0.1) is 0 Å². The zero-order valence-corrected chi connectivity index (χ0v) is 17.3. The number of carbonyl (C=O) groups is 2. The molecule has 0 aromatic rings. The molecule has 0 radical (unpaired) electrons. The number of nitrogens with one attached hydrogen (secondary N) is 1. The molecule has 4 heteroatoms. The SMILES string of the molecule is C[C@H]1CC[C@H]2[C@@H]3CC[C@@H]4C[C@H](NC(=O)CC(=O)O)CC[C@]4(C)[C@H]3CC[C@]12C. The summed E-state index contributed by atoms with van der Waals surface area (Å²) < 4.78 is 0. The summed E-state index contributed by atoms with van der Waals surface area (Å²) in [6.45, 7) is 7.61. The molecule has 0 aliphatic heterocycles. The summed E-state index contributed by atoms with van der Waals surface area (Å²) in [5.41, 5.74) is 0.997. The molecule has 0 unspecified atom stereocenters. The molecule has 4 aliphatic rings. The highest BCUT2D eigenvalue weighted by atomic mass is 16.4. The molecule has 4 saturated carbocycles. The zero-order valence-electron chi connectivity index (χ0n) is 17.3. The maximum Gasteiger partial charge on any atom is 0.312 e. The molecule has 4 fully saturated rings. The maximum absolute atomic E-state index is 11.9. The average molecular weight is 376 g/mol. The fraction of sp³-hybridized carbons (Fsp3) is 0.913. The van der Waals surface area contributed by atoms with Crippen LogP contribution < -0.4 is 5.32 Å². The average Bonchev–Trinajstić information content (AvgIpc) is 2.90. The van der Waals surface area contributed by atoms with Crippen LogP contribution in [0.15, 0.2) is 0 Å². The van der Waals surface area contributed by atoms with Gasteiger partial charge in [-0.05, 0) is 98.2 Å². The number of hydrogen-bond acceptors (Lipinski definition) is 2. The minimum atomic E-state index is -1.04. The van der Waals surface area contributed by atoms with Gasteiger partial charge in [-0.1, -0.05) is 20.8 Å². The van der Waals surface area contributed by atoms with Crippen molar-refractivity contribution in [1.29, 1.82) is 0 Å². The van der Waals surface area contributed by atoms with E-state index in [9.17, 15) is 9.59 Å². The minimum Gasteiger partial charge on any atom is -0.481 e. The van der Waals surface area contributed by atoms with Crippen molar-refractivity contribution in [2.24, 2.45) is 40.4 Å². The van der Waals surface area contributed by atoms with E-state index in [1.807, 2.05) is 0 Å². The second kappa shape index (κ2) is 6.77. The van der Waals surface area contributed by atoms with Gasteiger partial charge in [-0.2, -0.15) is 0 Å². The Kier molecular flexibility index (Phi) is 4.83. The molecule has 0 aromatic carbocycles. The van der Waals surface area contributed by atoms with E-state index in [1.165, 1.54) is 44.9 Å². The van der Waals surface area contributed by atoms with Crippen LogP contribution in [0.5, 0.6) is 0 Å². The summed E-state index contributed by atoms with van der Waals surface area (Å²) in [5, 5.41) is 11.8. The topological polar surface area (TPSA) is 66.4 Å². The maximum atomic E-state index is 11.9. The van der Waals surface area contributed by atoms with Crippen molar-refractivity contribution in [3.63, 3.8) is 0 Å². The molecular weight excluding hydrogens is 338 g/mol.